The van der Waals surface area contributed by atoms with Crippen LogP contribution in [0.2, 0.25) is 0 Å². The predicted molar refractivity (Wildman–Crippen MR) is 75.3 cm³/mol. The van der Waals surface area contributed by atoms with Gasteiger partial charge in [-0.25, -0.2) is 0 Å². The van der Waals surface area contributed by atoms with Gasteiger partial charge in [0.1, 0.15) is 12.4 Å². The molecule has 0 radical (unpaired) electrons. The average Bonchev–Trinajstić information content (AvgIpc) is 2.31. The third kappa shape index (κ3) is 7.92. The summed E-state index contributed by atoms with van der Waals surface area (Å²) in [4.78, 5) is 0. The van der Waals surface area contributed by atoms with Gasteiger partial charge in [0.25, 0.3) is 0 Å². The second-order valence-electron chi connectivity index (χ2n) is 5.94. The van der Waals surface area contributed by atoms with E-state index in [0.29, 0.717) is 12.3 Å². The highest BCUT2D eigenvalue weighted by Crippen LogP contribution is 2.21. The molecule has 0 aliphatic heterocycles. The van der Waals surface area contributed by atoms with Gasteiger partial charge in [-0.2, -0.15) is 13.2 Å². The van der Waals surface area contributed by atoms with E-state index >= 15 is 0 Å². The van der Waals surface area contributed by atoms with Gasteiger partial charge in [-0.15, -0.1) is 0 Å². The molecule has 0 aliphatic rings. The van der Waals surface area contributed by atoms with Gasteiger partial charge in [0.2, 0.25) is 0 Å². The van der Waals surface area contributed by atoms with Gasteiger partial charge in [0.05, 0.1) is 0 Å². The molecule has 1 rings (SSSR count). The largest absolute Gasteiger partial charge is 0.467 e. The molecule has 120 valence electrons. The lowest BCUT2D eigenvalue weighted by atomic mass is 10.1. The quantitative estimate of drug-likeness (QED) is 0.640. The van der Waals surface area contributed by atoms with Crippen molar-refractivity contribution in [1.82, 2.24) is 5.32 Å². The van der Waals surface area contributed by atoms with E-state index in [1.165, 1.54) is 0 Å². The van der Waals surface area contributed by atoms with Crippen LogP contribution in [0.3, 0.4) is 0 Å². The zero-order valence-corrected chi connectivity index (χ0v) is 12.8. The summed E-state index contributed by atoms with van der Waals surface area (Å²) in [6.45, 7) is 6.89. The Morgan fingerprint density at radius 3 is 2.38 bits per heavy atom. The van der Waals surface area contributed by atoms with Crippen LogP contribution in [0.25, 0.3) is 0 Å². The number of benzene rings is 1. The molecule has 6 heteroatoms. The van der Waals surface area contributed by atoms with Crippen molar-refractivity contribution >= 4 is 0 Å². The molecule has 1 aromatic carbocycles. The summed E-state index contributed by atoms with van der Waals surface area (Å²) in [6, 6.07) is 5.53. The maximum absolute atomic E-state index is 12.0. The first-order valence-corrected chi connectivity index (χ1v) is 6.69. The van der Waals surface area contributed by atoms with Crippen LogP contribution >= 0.6 is 0 Å². The number of nitrogens with one attached hydrogen (secondary N) is 1. The average molecular weight is 305 g/mol. The first-order valence-electron chi connectivity index (χ1n) is 6.69. The fourth-order valence-electron chi connectivity index (χ4n) is 1.61. The van der Waals surface area contributed by atoms with Crippen LogP contribution < -0.4 is 10.1 Å². The molecule has 0 atom stereocenters. The number of hydrogen-bond donors (Lipinski definition) is 1. The molecule has 0 aliphatic carbocycles. The molecule has 21 heavy (non-hydrogen) atoms. The molecule has 0 fully saturated rings. The molecule has 3 nitrogen and oxygen atoms in total. The van der Waals surface area contributed by atoms with E-state index in [0.717, 1.165) is 11.1 Å². The first kappa shape index (κ1) is 17.8. The van der Waals surface area contributed by atoms with Crippen LogP contribution in [-0.2, 0) is 11.3 Å². The molecule has 0 spiro atoms. The molecule has 0 bridgehead atoms. The highest BCUT2D eigenvalue weighted by molar-refractivity contribution is 5.36. The van der Waals surface area contributed by atoms with Gasteiger partial charge < -0.3 is 14.8 Å². The predicted octanol–water partition coefficient (Wildman–Crippen LogP) is 3.80. The highest BCUT2D eigenvalue weighted by Gasteiger charge is 2.27. The van der Waals surface area contributed by atoms with Crippen molar-refractivity contribution < 1.29 is 22.6 Å². The van der Waals surface area contributed by atoms with Crippen molar-refractivity contribution in [3.05, 3.63) is 29.3 Å². The van der Waals surface area contributed by atoms with Crippen LogP contribution in [0, 0.1) is 6.92 Å². The number of ether oxygens (including phenoxy) is 2. The number of hydrogen-bond acceptors (Lipinski definition) is 3. The van der Waals surface area contributed by atoms with E-state index in [-0.39, 0.29) is 5.54 Å². The Labute approximate surface area is 123 Å². The number of alkyl halides is 3. The highest BCUT2D eigenvalue weighted by atomic mass is 19.4. The molecule has 0 heterocycles. The Kier molecular flexibility index (Phi) is 6.04. The van der Waals surface area contributed by atoms with Crippen LogP contribution in [0.4, 0.5) is 13.2 Å². The lowest BCUT2D eigenvalue weighted by Crippen LogP contribution is -2.35. The molecule has 1 aromatic rings. The van der Waals surface area contributed by atoms with E-state index in [1.54, 1.807) is 6.07 Å². The summed E-state index contributed by atoms with van der Waals surface area (Å²) in [5, 5.41) is 3.32. The van der Waals surface area contributed by atoms with E-state index in [4.69, 9.17) is 4.74 Å². The fourth-order valence-corrected chi connectivity index (χ4v) is 1.61. The number of halogens is 3. The van der Waals surface area contributed by atoms with Crippen LogP contribution in [0.15, 0.2) is 18.2 Å². The SMILES string of the molecule is Cc1ccc(OCOCC(F)(F)F)c(CNC(C)(C)C)c1. The number of aryl methyl sites for hydroxylation is 1. The fraction of sp³-hybridized carbons (Fsp3) is 0.600. The minimum Gasteiger partial charge on any atom is -0.467 e. The molecule has 1 N–H and O–H groups in total. The van der Waals surface area contributed by atoms with Crippen LogP contribution in [-0.4, -0.2) is 25.1 Å². The van der Waals surface area contributed by atoms with Crippen molar-refractivity contribution in [3.63, 3.8) is 0 Å². The van der Waals surface area contributed by atoms with Gasteiger partial charge in [-0.05, 0) is 33.8 Å². The van der Waals surface area contributed by atoms with E-state index in [9.17, 15) is 13.2 Å². The summed E-state index contributed by atoms with van der Waals surface area (Å²) < 4.78 is 45.7. The van der Waals surface area contributed by atoms with Gasteiger partial charge in [0, 0.05) is 17.6 Å². The first-order chi connectivity index (χ1) is 9.57. The monoisotopic (exact) mass is 305 g/mol. The van der Waals surface area contributed by atoms with Crippen molar-refractivity contribution in [2.75, 3.05) is 13.4 Å². The van der Waals surface area contributed by atoms with Crippen molar-refractivity contribution in [1.29, 1.82) is 0 Å². The number of rotatable bonds is 6. The molecule has 0 saturated heterocycles. The molecule has 0 aromatic heterocycles. The Hall–Kier alpha value is -1.27. The van der Waals surface area contributed by atoms with E-state index in [2.05, 4.69) is 10.1 Å². The zero-order valence-electron chi connectivity index (χ0n) is 12.8. The standard InChI is InChI=1S/C15H22F3NO2/c1-11-5-6-13(21-10-20-9-15(16,17)18)12(7-11)8-19-14(2,3)4/h5-7,19H,8-10H2,1-4H3. The Morgan fingerprint density at radius 1 is 1.14 bits per heavy atom. The third-order valence-electron chi connectivity index (χ3n) is 2.59. The van der Waals surface area contributed by atoms with Gasteiger partial charge in [-0.1, -0.05) is 17.7 Å². The lowest BCUT2D eigenvalue weighted by molar-refractivity contribution is -0.186. The minimum atomic E-state index is -4.34. The van der Waals surface area contributed by atoms with Crippen molar-refractivity contribution in [2.24, 2.45) is 0 Å². The Bertz CT molecular complexity index is 453. The molecule has 0 unspecified atom stereocenters. The maximum atomic E-state index is 12.0. The van der Waals surface area contributed by atoms with E-state index < -0.39 is 19.6 Å². The molecule has 0 saturated carbocycles. The van der Waals surface area contributed by atoms with Crippen LogP contribution in [0.5, 0.6) is 5.75 Å². The Balaban J connectivity index is 2.60. The minimum absolute atomic E-state index is 0.0617. The van der Waals surface area contributed by atoms with Crippen LogP contribution in [0.1, 0.15) is 31.9 Å². The lowest BCUT2D eigenvalue weighted by Gasteiger charge is -2.22. The summed E-state index contributed by atoms with van der Waals surface area (Å²) in [6.07, 6.45) is -4.34. The molecular weight excluding hydrogens is 283 g/mol. The summed E-state index contributed by atoms with van der Waals surface area (Å²) in [5.41, 5.74) is 1.89. The summed E-state index contributed by atoms with van der Waals surface area (Å²) in [5.74, 6) is 0.527. The Morgan fingerprint density at radius 2 is 1.81 bits per heavy atom. The smallest absolute Gasteiger partial charge is 0.411 e. The summed E-state index contributed by atoms with van der Waals surface area (Å²) >= 11 is 0. The molecular formula is C15H22F3NO2. The second-order valence-corrected chi connectivity index (χ2v) is 5.94. The maximum Gasteiger partial charge on any atom is 0.411 e. The molecule has 0 amide bonds. The zero-order chi connectivity index (χ0) is 16.1. The van der Waals surface area contributed by atoms with Gasteiger partial charge >= 0.3 is 6.18 Å². The van der Waals surface area contributed by atoms with E-state index in [1.807, 2.05) is 39.8 Å². The third-order valence-corrected chi connectivity index (χ3v) is 2.59. The normalized spacial score (nSPS) is 12.5. The van der Waals surface area contributed by atoms with Gasteiger partial charge in [-0.3, -0.25) is 0 Å². The summed E-state index contributed by atoms with van der Waals surface area (Å²) in [7, 11) is 0. The topological polar surface area (TPSA) is 30.5 Å². The second kappa shape index (κ2) is 7.13. The van der Waals surface area contributed by atoms with Crippen molar-refractivity contribution in [3.8, 4) is 5.75 Å². The van der Waals surface area contributed by atoms with Gasteiger partial charge in [0.15, 0.2) is 6.79 Å². The van der Waals surface area contributed by atoms with Crippen molar-refractivity contribution in [2.45, 2.75) is 46.0 Å².